The van der Waals surface area contributed by atoms with Gasteiger partial charge in [-0.1, -0.05) is 18.2 Å². The van der Waals surface area contributed by atoms with Crippen LogP contribution in [0, 0.1) is 6.92 Å². The fraction of sp³-hybridized carbons (Fsp3) is 0.150. The number of anilines is 1. The van der Waals surface area contributed by atoms with E-state index in [0.717, 1.165) is 28.3 Å². The van der Waals surface area contributed by atoms with Gasteiger partial charge in [-0.05, 0) is 42.8 Å². The summed E-state index contributed by atoms with van der Waals surface area (Å²) < 4.78 is 6.09. The molecule has 1 aliphatic heterocycles. The zero-order valence-electron chi connectivity index (χ0n) is 13.9. The van der Waals surface area contributed by atoms with Gasteiger partial charge in [0.15, 0.2) is 0 Å². The molecule has 2 heterocycles. The highest BCUT2D eigenvalue weighted by Crippen LogP contribution is 2.38. The van der Waals surface area contributed by atoms with Crippen molar-refractivity contribution in [3.8, 4) is 11.5 Å². The van der Waals surface area contributed by atoms with Crippen molar-refractivity contribution >= 4 is 11.6 Å². The molecule has 5 nitrogen and oxygen atoms in total. The van der Waals surface area contributed by atoms with Crippen molar-refractivity contribution in [3.63, 3.8) is 0 Å². The number of amides is 1. The number of aryl methyl sites for hydroxylation is 1. The summed E-state index contributed by atoms with van der Waals surface area (Å²) in [6.07, 6.45) is 1.91. The SMILES string of the molecule is Cc1[nH]cc2c1C(=O)NCC2c1cc(N)ccc1Oc1ccccc1. The van der Waals surface area contributed by atoms with Crippen molar-refractivity contribution in [1.29, 1.82) is 0 Å². The normalized spacial score (nSPS) is 16.2. The fourth-order valence-electron chi connectivity index (χ4n) is 3.34. The van der Waals surface area contributed by atoms with E-state index in [-0.39, 0.29) is 11.8 Å². The minimum absolute atomic E-state index is 0.0140. The highest BCUT2D eigenvalue weighted by molar-refractivity contribution is 5.98. The molecule has 5 heteroatoms. The Morgan fingerprint density at radius 1 is 1.12 bits per heavy atom. The van der Waals surface area contributed by atoms with Crippen LogP contribution in [0.2, 0.25) is 0 Å². The van der Waals surface area contributed by atoms with Crippen LogP contribution in [0.15, 0.2) is 54.7 Å². The lowest BCUT2D eigenvalue weighted by atomic mass is 9.86. The summed E-state index contributed by atoms with van der Waals surface area (Å²) in [5, 5.41) is 2.97. The molecule has 0 saturated carbocycles. The summed E-state index contributed by atoms with van der Waals surface area (Å²) in [6.45, 7) is 2.42. The summed E-state index contributed by atoms with van der Waals surface area (Å²) >= 11 is 0. The highest BCUT2D eigenvalue weighted by Gasteiger charge is 2.31. The van der Waals surface area contributed by atoms with E-state index < -0.39 is 0 Å². The van der Waals surface area contributed by atoms with Crippen molar-refractivity contribution in [2.45, 2.75) is 12.8 Å². The molecule has 0 aliphatic carbocycles. The van der Waals surface area contributed by atoms with Crippen molar-refractivity contribution in [1.82, 2.24) is 10.3 Å². The first-order valence-electron chi connectivity index (χ1n) is 8.22. The van der Waals surface area contributed by atoms with Crippen LogP contribution in [0.1, 0.15) is 33.1 Å². The van der Waals surface area contributed by atoms with E-state index in [4.69, 9.17) is 10.5 Å². The van der Waals surface area contributed by atoms with Gasteiger partial charge in [-0.2, -0.15) is 0 Å². The third kappa shape index (κ3) is 2.74. The molecule has 0 saturated heterocycles. The molecule has 0 bridgehead atoms. The molecular weight excluding hydrogens is 314 g/mol. The predicted molar refractivity (Wildman–Crippen MR) is 97.1 cm³/mol. The van der Waals surface area contributed by atoms with Gasteiger partial charge in [0, 0.05) is 35.6 Å². The monoisotopic (exact) mass is 333 g/mol. The van der Waals surface area contributed by atoms with E-state index >= 15 is 0 Å². The molecule has 2 aromatic carbocycles. The number of aromatic nitrogens is 1. The maximum atomic E-state index is 12.2. The average molecular weight is 333 g/mol. The first kappa shape index (κ1) is 15.3. The van der Waals surface area contributed by atoms with Crippen LogP contribution in [0.4, 0.5) is 5.69 Å². The molecule has 1 unspecified atom stereocenters. The number of nitrogen functional groups attached to an aromatic ring is 1. The van der Waals surface area contributed by atoms with Crippen molar-refractivity contribution in [3.05, 3.63) is 77.1 Å². The molecule has 4 N–H and O–H groups in total. The molecule has 1 aromatic heterocycles. The van der Waals surface area contributed by atoms with Gasteiger partial charge in [0.05, 0.1) is 5.56 Å². The molecule has 126 valence electrons. The second kappa shape index (κ2) is 6.02. The summed E-state index contributed by atoms with van der Waals surface area (Å²) in [5.41, 5.74) is 10.2. The summed E-state index contributed by atoms with van der Waals surface area (Å²) in [6, 6.07) is 15.3. The molecule has 1 aliphatic rings. The number of nitrogens with two attached hydrogens (primary N) is 1. The summed E-state index contributed by atoms with van der Waals surface area (Å²) in [4.78, 5) is 15.4. The Hall–Kier alpha value is -3.21. The number of rotatable bonds is 3. The molecule has 25 heavy (non-hydrogen) atoms. The lowest BCUT2D eigenvalue weighted by Crippen LogP contribution is -2.35. The number of aromatic amines is 1. The number of para-hydroxylation sites is 1. The van der Waals surface area contributed by atoms with E-state index in [2.05, 4.69) is 10.3 Å². The summed E-state index contributed by atoms with van der Waals surface area (Å²) in [5.74, 6) is 1.45. The number of benzene rings is 2. The molecule has 0 radical (unpaired) electrons. The Bertz CT molecular complexity index is 931. The maximum absolute atomic E-state index is 12.2. The van der Waals surface area contributed by atoms with Crippen LogP contribution in [-0.2, 0) is 0 Å². The Labute approximate surface area is 145 Å². The van der Waals surface area contributed by atoms with Gasteiger partial charge in [0.2, 0.25) is 0 Å². The van der Waals surface area contributed by atoms with Gasteiger partial charge in [0.1, 0.15) is 11.5 Å². The van der Waals surface area contributed by atoms with Crippen LogP contribution in [-0.4, -0.2) is 17.4 Å². The van der Waals surface area contributed by atoms with E-state index in [0.29, 0.717) is 17.8 Å². The lowest BCUT2D eigenvalue weighted by molar-refractivity contribution is 0.0942. The number of ether oxygens (including phenoxy) is 1. The van der Waals surface area contributed by atoms with Gasteiger partial charge in [-0.25, -0.2) is 0 Å². The van der Waals surface area contributed by atoms with Gasteiger partial charge < -0.3 is 20.8 Å². The first-order chi connectivity index (χ1) is 12.1. The summed E-state index contributed by atoms with van der Waals surface area (Å²) in [7, 11) is 0. The van der Waals surface area contributed by atoms with E-state index in [1.54, 1.807) is 0 Å². The lowest BCUT2D eigenvalue weighted by Gasteiger charge is -2.26. The van der Waals surface area contributed by atoms with E-state index in [1.807, 2.05) is 61.7 Å². The zero-order valence-corrected chi connectivity index (χ0v) is 13.9. The highest BCUT2D eigenvalue weighted by atomic mass is 16.5. The molecule has 1 amide bonds. The Morgan fingerprint density at radius 3 is 2.72 bits per heavy atom. The van der Waals surface area contributed by atoms with Crippen LogP contribution >= 0.6 is 0 Å². The number of fused-ring (bicyclic) bond motifs is 1. The number of carbonyl (C=O) groups excluding carboxylic acids is 1. The van der Waals surface area contributed by atoms with Gasteiger partial charge in [-0.15, -0.1) is 0 Å². The number of carbonyl (C=O) groups is 1. The molecule has 0 spiro atoms. The van der Waals surface area contributed by atoms with Crippen molar-refractivity contribution < 1.29 is 9.53 Å². The third-order valence-corrected chi connectivity index (χ3v) is 4.56. The van der Waals surface area contributed by atoms with Crippen molar-refractivity contribution in [2.75, 3.05) is 12.3 Å². The van der Waals surface area contributed by atoms with E-state index in [1.165, 1.54) is 0 Å². The van der Waals surface area contributed by atoms with Gasteiger partial charge in [0.25, 0.3) is 5.91 Å². The Morgan fingerprint density at radius 2 is 1.92 bits per heavy atom. The topological polar surface area (TPSA) is 80.1 Å². The standard InChI is InChI=1S/C20H19N3O2/c1-12-19-17(11-22-12)16(10-23-20(19)24)15-9-13(21)7-8-18(15)25-14-5-3-2-4-6-14/h2-9,11,16,22H,10,21H2,1H3,(H,23,24). The van der Waals surface area contributed by atoms with Gasteiger partial charge >= 0.3 is 0 Å². The largest absolute Gasteiger partial charge is 0.457 e. The number of hydrogen-bond donors (Lipinski definition) is 3. The van der Waals surface area contributed by atoms with Crippen LogP contribution in [0.3, 0.4) is 0 Å². The molecule has 1 atom stereocenters. The number of hydrogen-bond acceptors (Lipinski definition) is 3. The number of nitrogens with one attached hydrogen (secondary N) is 2. The van der Waals surface area contributed by atoms with Crippen LogP contribution in [0.25, 0.3) is 0 Å². The Kier molecular flexibility index (Phi) is 3.69. The molecular formula is C20H19N3O2. The van der Waals surface area contributed by atoms with Crippen LogP contribution in [0.5, 0.6) is 11.5 Å². The molecule has 0 fully saturated rings. The maximum Gasteiger partial charge on any atom is 0.253 e. The zero-order chi connectivity index (χ0) is 17.4. The average Bonchev–Trinajstić information content (AvgIpc) is 3.01. The minimum atomic E-state index is -0.0422. The first-order valence-corrected chi connectivity index (χ1v) is 8.22. The second-order valence-corrected chi connectivity index (χ2v) is 6.22. The number of H-pyrrole nitrogens is 1. The quantitative estimate of drug-likeness (QED) is 0.641. The molecule has 4 rings (SSSR count). The van der Waals surface area contributed by atoms with Crippen molar-refractivity contribution in [2.24, 2.45) is 0 Å². The fourth-order valence-corrected chi connectivity index (χ4v) is 3.34. The molecule has 3 aromatic rings. The minimum Gasteiger partial charge on any atom is -0.457 e. The van der Waals surface area contributed by atoms with Crippen LogP contribution < -0.4 is 15.8 Å². The third-order valence-electron chi connectivity index (χ3n) is 4.56. The van der Waals surface area contributed by atoms with Gasteiger partial charge in [-0.3, -0.25) is 4.79 Å². The van der Waals surface area contributed by atoms with E-state index in [9.17, 15) is 4.79 Å². The second-order valence-electron chi connectivity index (χ2n) is 6.22. The smallest absolute Gasteiger partial charge is 0.253 e. The Balaban J connectivity index is 1.79. The predicted octanol–water partition coefficient (Wildman–Crippen LogP) is 3.57.